The summed E-state index contributed by atoms with van der Waals surface area (Å²) in [6.45, 7) is 2.05. The van der Waals surface area contributed by atoms with E-state index in [1.165, 1.54) is 16.3 Å². The number of carbonyl (C=O) groups excluding carboxylic acids is 1. The molecule has 2 aromatic carbocycles. The number of thioether (sulfide) groups is 1. The minimum absolute atomic E-state index is 0.0877. The van der Waals surface area contributed by atoms with Gasteiger partial charge in [-0.05, 0) is 30.2 Å². The van der Waals surface area contributed by atoms with Crippen molar-refractivity contribution in [2.45, 2.75) is 25.1 Å². The van der Waals surface area contributed by atoms with E-state index in [4.69, 9.17) is 9.47 Å². The van der Waals surface area contributed by atoms with Gasteiger partial charge < -0.3 is 9.47 Å². The predicted molar refractivity (Wildman–Crippen MR) is 117 cm³/mol. The van der Waals surface area contributed by atoms with Crippen molar-refractivity contribution >= 4 is 17.7 Å². The number of rotatable bonds is 8. The molecule has 0 N–H and O–H groups in total. The third kappa shape index (κ3) is 5.51. The lowest BCUT2D eigenvalue weighted by Gasteiger charge is -2.12. The third-order valence-corrected chi connectivity index (χ3v) is 5.65. The third-order valence-electron chi connectivity index (χ3n) is 4.65. The van der Waals surface area contributed by atoms with E-state index in [0.29, 0.717) is 22.8 Å². The van der Waals surface area contributed by atoms with Gasteiger partial charge in [-0.1, -0.05) is 54.2 Å². The molecule has 0 aliphatic carbocycles. The first-order valence-electron chi connectivity index (χ1n) is 9.49. The first-order chi connectivity index (χ1) is 14.5. The van der Waals surface area contributed by atoms with Crippen LogP contribution >= 0.6 is 11.8 Å². The summed E-state index contributed by atoms with van der Waals surface area (Å²) in [5.41, 5.74) is 3.12. The summed E-state index contributed by atoms with van der Waals surface area (Å²) in [5.74, 6) is 0.509. The highest BCUT2D eigenvalue weighted by Crippen LogP contribution is 2.18. The van der Waals surface area contributed by atoms with Crippen LogP contribution in [0.1, 0.15) is 22.4 Å². The van der Waals surface area contributed by atoms with Gasteiger partial charge in [-0.2, -0.15) is 0 Å². The number of hydrogen-bond donors (Lipinski definition) is 0. The van der Waals surface area contributed by atoms with Crippen LogP contribution in [0.25, 0.3) is 0 Å². The van der Waals surface area contributed by atoms with E-state index in [1.54, 1.807) is 14.2 Å². The molecule has 6 nitrogen and oxygen atoms in total. The van der Waals surface area contributed by atoms with Crippen LogP contribution in [0.5, 0.6) is 5.75 Å². The maximum Gasteiger partial charge on any atom is 0.316 e. The van der Waals surface area contributed by atoms with Gasteiger partial charge in [0.05, 0.1) is 12.9 Å². The fourth-order valence-corrected chi connectivity index (χ4v) is 3.72. The average Bonchev–Trinajstić information content (AvgIpc) is 2.78. The first-order valence-corrected chi connectivity index (χ1v) is 10.5. The Bertz CT molecular complexity index is 1060. The van der Waals surface area contributed by atoms with Crippen molar-refractivity contribution in [3.63, 3.8) is 0 Å². The Kier molecular flexibility index (Phi) is 7.30. The number of aryl methyl sites for hydroxylation is 1. The summed E-state index contributed by atoms with van der Waals surface area (Å²) in [6, 6.07) is 17.1. The molecule has 0 spiro atoms. The van der Waals surface area contributed by atoms with Crippen molar-refractivity contribution in [1.29, 1.82) is 0 Å². The number of methoxy groups -OCH3 is 1. The number of ether oxygens (including phenoxy) is 2. The van der Waals surface area contributed by atoms with E-state index in [9.17, 15) is 9.59 Å². The fraction of sp³-hybridized carbons (Fsp3) is 0.261. The van der Waals surface area contributed by atoms with Crippen LogP contribution < -0.4 is 10.3 Å². The van der Waals surface area contributed by atoms with Crippen LogP contribution in [0.15, 0.2) is 64.5 Å². The minimum atomic E-state index is -0.349. The Balaban J connectivity index is 1.64. The lowest BCUT2D eigenvalue weighted by atomic mass is 10.1. The molecule has 3 rings (SSSR count). The number of hydrogen-bond acceptors (Lipinski definition) is 6. The molecular weight excluding hydrogens is 400 g/mol. The van der Waals surface area contributed by atoms with Gasteiger partial charge in [-0.15, -0.1) is 0 Å². The van der Waals surface area contributed by atoms with Gasteiger partial charge in [0.25, 0.3) is 5.56 Å². The standard InChI is InChI=1S/C23H24N2O4S/c1-16-20(13-17-9-11-19(28-3)12-10-17)22(27)25(2)23(24-16)30-15-21(26)29-14-18-7-5-4-6-8-18/h4-12H,13-15H2,1-3H3. The SMILES string of the molecule is COc1ccc(Cc2c(C)nc(SCC(=O)OCc3ccccc3)n(C)c2=O)cc1. The molecule has 30 heavy (non-hydrogen) atoms. The van der Waals surface area contributed by atoms with Crippen LogP contribution in [0.2, 0.25) is 0 Å². The molecule has 0 bridgehead atoms. The summed E-state index contributed by atoms with van der Waals surface area (Å²) in [7, 11) is 3.29. The predicted octanol–water partition coefficient (Wildman–Crippen LogP) is 3.52. The van der Waals surface area contributed by atoms with Crippen molar-refractivity contribution < 1.29 is 14.3 Å². The number of benzene rings is 2. The molecule has 0 aliphatic heterocycles. The topological polar surface area (TPSA) is 70.4 Å². The molecule has 1 heterocycles. The zero-order chi connectivity index (χ0) is 21.5. The van der Waals surface area contributed by atoms with E-state index < -0.39 is 0 Å². The van der Waals surface area contributed by atoms with Crippen molar-refractivity contribution in [3.8, 4) is 5.75 Å². The van der Waals surface area contributed by atoms with Gasteiger partial charge in [0.1, 0.15) is 12.4 Å². The molecule has 0 saturated carbocycles. The minimum Gasteiger partial charge on any atom is -0.497 e. The Morgan fingerprint density at radius 2 is 1.77 bits per heavy atom. The second-order valence-corrected chi connectivity index (χ2v) is 7.72. The molecule has 1 aromatic heterocycles. The van der Waals surface area contributed by atoms with Gasteiger partial charge in [-0.3, -0.25) is 14.2 Å². The monoisotopic (exact) mass is 424 g/mol. The van der Waals surface area contributed by atoms with Crippen molar-refractivity contribution in [2.24, 2.45) is 7.05 Å². The number of esters is 1. The van der Waals surface area contributed by atoms with Crippen molar-refractivity contribution in [1.82, 2.24) is 9.55 Å². The number of nitrogens with zero attached hydrogens (tertiary/aromatic N) is 2. The lowest BCUT2D eigenvalue weighted by molar-refractivity contribution is -0.141. The molecule has 156 valence electrons. The highest BCUT2D eigenvalue weighted by molar-refractivity contribution is 7.99. The second kappa shape index (κ2) is 10.1. The quantitative estimate of drug-likeness (QED) is 0.313. The zero-order valence-corrected chi connectivity index (χ0v) is 18.1. The summed E-state index contributed by atoms with van der Waals surface area (Å²) in [5, 5.41) is 0.493. The second-order valence-electron chi connectivity index (χ2n) is 6.78. The van der Waals surface area contributed by atoms with Crippen LogP contribution in [0.4, 0.5) is 0 Å². The molecule has 3 aromatic rings. The van der Waals surface area contributed by atoms with E-state index in [0.717, 1.165) is 16.9 Å². The fourth-order valence-electron chi connectivity index (χ4n) is 2.91. The highest BCUT2D eigenvalue weighted by Gasteiger charge is 2.15. The van der Waals surface area contributed by atoms with E-state index in [-0.39, 0.29) is 23.9 Å². The smallest absolute Gasteiger partial charge is 0.316 e. The molecule has 0 amide bonds. The first kappa shape index (κ1) is 21.6. The van der Waals surface area contributed by atoms with Gasteiger partial charge in [-0.25, -0.2) is 4.98 Å². The average molecular weight is 425 g/mol. The Hall–Kier alpha value is -3.06. The number of aromatic nitrogens is 2. The molecule has 0 fully saturated rings. The van der Waals surface area contributed by atoms with E-state index in [1.807, 2.05) is 61.5 Å². The van der Waals surface area contributed by atoms with Crippen LogP contribution in [-0.2, 0) is 29.6 Å². The van der Waals surface area contributed by atoms with E-state index in [2.05, 4.69) is 4.98 Å². The van der Waals surface area contributed by atoms with Crippen LogP contribution in [0.3, 0.4) is 0 Å². The van der Waals surface area contributed by atoms with Gasteiger partial charge >= 0.3 is 5.97 Å². The van der Waals surface area contributed by atoms with Crippen LogP contribution in [-0.4, -0.2) is 28.4 Å². The summed E-state index contributed by atoms with van der Waals surface area (Å²) >= 11 is 1.20. The maximum atomic E-state index is 12.9. The van der Waals surface area contributed by atoms with Crippen molar-refractivity contribution in [3.05, 3.63) is 87.3 Å². The molecule has 0 saturated heterocycles. The summed E-state index contributed by atoms with van der Waals surface area (Å²) < 4.78 is 11.9. The molecule has 0 atom stereocenters. The Labute approximate surface area is 179 Å². The van der Waals surface area contributed by atoms with Gasteiger partial charge in [0.15, 0.2) is 5.16 Å². The van der Waals surface area contributed by atoms with Crippen molar-refractivity contribution in [2.75, 3.05) is 12.9 Å². The largest absolute Gasteiger partial charge is 0.497 e. The summed E-state index contributed by atoms with van der Waals surface area (Å²) in [6.07, 6.45) is 0.486. The normalized spacial score (nSPS) is 10.6. The lowest BCUT2D eigenvalue weighted by Crippen LogP contribution is -2.26. The molecular formula is C23H24N2O4S. The molecule has 7 heteroatoms. The van der Waals surface area contributed by atoms with Gasteiger partial charge in [0.2, 0.25) is 0 Å². The zero-order valence-electron chi connectivity index (χ0n) is 17.3. The maximum absolute atomic E-state index is 12.9. The molecule has 0 aliphatic rings. The Morgan fingerprint density at radius 1 is 1.07 bits per heavy atom. The summed E-state index contributed by atoms with van der Waals surface area (Å²) in [4.78, 5) is 29.5. The van der Waals surface area contributed by atoms with Crippen LogP contribution in [0, 0.1) is 6.92 Å². The number of carbonyl (C=O) groups is 1. The highest BCUT2D eigenvalue weighted by atomic mass is 32.2. The Morgan fingerprint density at radius 3 is 2.43 bits per heavy atom. The van der Waals surface area contributed by atoms with E-state index >= 15 is 0 Å². The molecule has 0 unspecified atom stereocenters. The van der Waals surface area contributed by atoms with Gasteiger partial charge in [0, 0.05) is 24.7 Å². The molecule has 0 radical (unpaired) electrons.